The molecule has 0 amide bonds. The second-order valence-corrected chi connectivity index (χ2v) is 6.42. The topological polar surface area (TPSA) is 72.6 Å². The Kier molecular flexibility index (Phi) is 4.71. The second-order valence-electron chi connectivity index (χ2n) is 4.94. The SMILES string of the molecule is O=C(O)c1nc(C2CCOCC2)oc1Sc1ccc(Cl)cc1. The van der Waals surface area contributed by atoms with Gasteiger partial charge in [-0.1, -0.05) is 11.6 Å². The van der Waals surface area contributed by atoms with Crippen LogP contribution in [-0.4, -0.2) is 29.3 Å². The molecule has 2 aromatic rings. The minimum Gasteiger partial charge on any atom is -0.476 e. The summed E-state index contributed by atoms with van der Waals surface area (Å²) in [5, 5.41) is 10.2. The van der Waals surface area contributed by atoms with Crippen LogP contribution in [0.4, 0.5) is 0 Å². The Morgan fingerprint density at radius 2 is 1.95 bits per heavy atom. The number of oxazole rings is 1. The van der Waals surface area contributed by atoms with Crippen molar-refractivity contribution in [2.75, 3.05) is 13.2 Å². The first-order valence-corrected chi connectivity index (χ1v) is 8.08. The van der Waals surface area contributed by atoms with E-state index in [0.29, 0.717) is 29.2 Å². The lowest BCUT2D eigenvalue weighted by molar-refractivity contribution is 0.0685. The van der Waals surface area contributed by atoms with Gasteiger partial charge in [0, 0.05) is 29.0 Å². The van der Waals surface area contributed by atoms with E-state index < -0.39 is 5.97 Å². The molecule has 1 saturated heterocycles. The van der Waals surface area contributed by atoms with E-state index in [-0.39, 0.29) is 11.6 Å². The van der Waals surface area contributed by atoms with Gasteiger partial charge in [-0.05, 0) is 48.9 Å². The average molecular weight is 340 g/mol. The zero-order chi connectivity index (χ0) is 15.5. The van der Waals surface area contributed by atoms with Crippen molar-refractivity contribution in [1.82, 2.24) is 4.98 Å². The van der Waals surface area contributed by atoms with Crippen LogP contribution in [0.25, 0.3) is 0 Å². The second kappa shape index (κ2) is 6.73. The molecule has 1 aromatic carbocycles. The molecule has 116 valence electrons. The number of nitrogens with zero attached hydrogens (tertiary/aromatic N) is 1. The number of aromatic carboxylic acids is 1. The molecule has 0 spiro atoms. The number of hydrogen-bond donors (Lipinski definition) is 1. The van der Waals surface area contributed by atoms with Gasteiger partial charge in [0.15, 0.2) is 5.89 Å². The summed E-state index contributed by atoms with van der Waals surface area (Å²) in [6.45, 7) is 1.30. The Balaban J connectivity index is 1.86. The molecule has 1 N–H and O–H groups in total. The molecule has 0 aliphatic carbocycles. The van der Waals surface area contributed by atoms with Crippen molar-refractivity contribution in [2.24, 2.45) is 0 Å². The van der Waals surface area contributed by atoms with E-state index in [0.717, 1.165) is 17.7 Å². The molecule has 0 radical (unpaired) electrons. The number of rotatable bonds is 4. The monoisotopic (exact) mass is 339 g/mol. The summed E-state index contributed by atoms with van der Waals surface area (Å²) in [4.78, 5) is 16.4. The summed E-state index contributed by atoms with van der Waals surface area (Å²) >= 11 is 7.09. The van der Waals surface area contributed by atoms with E-state index in [2.05, 4.69) is 4.98 Å². The number of carboxylic acid groups (broad SMARTS) is 1. The smallest absolute Gasteiger partial charge is 0.359 e. The molecule has 22 heavy (non-hydrogen) atoms. The molecular weight excluding hydrogens is 326 g/mol. The maximum absolute atomic E-state index is 11.4. The summed E-state index contributed by atoms with van der Waals surface area (Å²) in [7, 11) is 0. The highest BCUT2D eigenvalue weighted by Gasteiger charge is 2.26. The first-order valence-electron chi connectivity index (χ1n) is 6.88. The number of carboxylic acids is 1. The number of halogens is 1. The van der Waals surface area contributed by atoms with Gasteiger partial charge in [-0.15, -0.1) is 0 Å². The van der Waals surface area contributed by atoms with Crippen molar-refractivity contribution >= 4 is 29.3 Å². The highest BCUT2D eigenvalue weighted by molar-refractivity contribution is 7.99. The predicted octanol–water partition coefficient (Wildman–Crippen LogP) is 4.07. The van der Waals surface area contributed by atoms with Crippen molar-refractivity contribution in [1.29, 1.82) is 0 Å². The third kappa shape index (κ3) is 3.45. The van der Waals surface area contributed by atoms with Gasteiger partial charge in [-0.3, -0.25) is 0 Å². The van der Waals surface area contributed by atoms with Crippen molar-refractivity contribution in [2.45, 2.75) is 28.7 Å². The summed E-state index contributed by atoms with van der Waals surface area (Å²) in [5.74, 6) is -0.484. The largest absolute Gasteiger partial charge is 0.476 e. The van der Waals surface area contributed by atoms with Gasteiger partial charge in [-0.25, -0.2) is 9.78 Å². The Bertz CT molecular complexity index is 665. The Morgan fingerprint density at radius 1 is 1.27 bits per heavy atom. The fraction of sp³-hybridized carbons (Fsp3) is 0.333. The Hall–Kier alpha value is -1.50. The van der Waals surface area contributed by atoms with Crippen LogP contribution in [0.5, 0.6) is 0 Å². The van der Waals surface area contributed by atoms with E-state index in [4.69, 9.17) is 20.8 Å². The molecule has 1 aliphatic rings. The predicted molar refractivity (Wildman–Crippen MR) is 81.8 cm³/mol. The van der Waals surface area contributed by atoms with Crippen LogP contribution in [0.15, 0.2) is 38.7 Å². The quantitative estimate of drug-likeness (QED) is 0.905. The van der Waals surface area contributed by atoms with Crippen LogP contribution >= 0.6 is 23.4 Å². The van der Waals surface area contributed by atoms with Crippen LogP contribution in [0, 0.1) is 0 Å². The molecule has 2 heterocycles. The van der Waals surface area contributed by atoms with Crippen LogP contribution in [0.1, 0.15) is 35.1 Å². The fourth-order valence-electron chi connectivity index (χ4n) is 2.26. The summed E-state index contributed by atoms with van der Waals surface area (Å²) < 4.78 is 11.0. The molecule has 0 saturated carbocycles. The molecular formula is C15H14ClNO4S. The van der Waals surface area contributed by atoms with Crippen molar-refractivity contribution in [3.8, 4) is 0 Å². The van der Waals surface area contributed by atoms with Crippen molar-refractivity contribution in [3.63, 3.8) is 0 Å². The summed E-state index contributed by atoms with van der Waals surface area (Å²) in [6.07, 6.45) is 1.59. The number of ether oxygens (including phenoxy) is 1. The molecule has 1 aliphatic heterocycles. The van der Waals surface area contributed by atoms with Crippen molar-refractivity contribution < 1.29 is 19.1 Å². The maximum atomic E-state index is 11.4. The molecule has 3 rings (SSSR count). The van der Waals surface area contributed by atoms with E-state index in [1.807, 2.05) is 12.1 Å². The molecule has 5 nitrogen and oxygen atoms in total. The molecule has 7 heteroatoms. The number of hydrogen-bond acceptors (Lipinski definition) is 5. The minimum atomic E-state index is -1.08. The number of aromatic nitrogens is 1. The molecule has 0 bridgehead atoms. The summed E-state index contributed by atoms with van der Waals surface area (Å²) in [5.41, 5.74) is -0.0403. The molecule has 1 fully saturated rings. The van der Waals surface area contributed by atoms with Gasteiger partial charge in [0.25, 0.3) is 0 Å². The lowest BCUT2D eigenvalue weighted by Gasteiger charge is -2.18. The standard InChI is InChI=1S/C15H14ClNO4S/c16-10-1-3-11(4-2-10)22-15-12(14(18)19)17-13(21-15)9-5-7-20-8-6-9/h1-4,9H,5-8H2,(H,18,19). The van der Waals surface area contributed by atoms with Gasteiger partial charge in [0.1, 0.15) is 0 Å². The zero-order valence-electron chi connectivity index (χ0n) is 11.6. The van der Waals surface area contributed by atoms with Gasteiger partial charge >= 0.3 is 5.97 Å². The van der Waals surface area contributed by atoms with E-state index in [1.165, 1.54) is 11.8 Å². The average Bonchev–Trinajstić information content (AvgIpc) is 2.95. The normalized spacial score (nSPS) is 15.9. The highest BCUT2D eigenvalue weighted by Crippen LogP contribution is 2.35. The molecule has 0 unspecified atom stereocenters. The van der Waals surface area contributed by atoms with Gasteiger partial charge in [0.2, 0.25) is 10.8 Å². The van der Waals surface area contributed by atoms with Gasteiger partial charge in [-0.2, -0.15) is 0 Å². The third-order valence-electron chi connectivity index (χ3n) is 3.41. The zero-order valence-corrected chi connectivity index (χ0v) is 13.2. The van der Waals surface area contributed by atoms with E-state index in [9.17, 15) is 9.90 Å². The van der Waals surface area contributed by atoms with Crippen LogP contribution < -0.4 is 0 Å². The third-order valence-corrected chi connectivity index (χ3v) is 4.63. The van der Waals surface area contributed by atoms with Gasteiger partial charge in [0.05, 0.1) is 0 Å². The lowest BCUT2D eigenvalue weighted by Crippen LogP contribution is -2.14. The highest BCUT2D eigenvalue weighted by atomic mass is 35.5. The van der Waals surface area contributed by atoms with Crippen LogP contribution in [0.2, 0.25) is 5.02 Å². The first-order chi connectivity index (χ1) is 10.6. The van der Waals surface area contributed by atoms with E-state index in [1.54, 1.807) is 12.1 Å². The van der Waals surface area contributed by atoms with Crippen LogP contribution in [0.3, 0.4) is 0 Å². The first kappa shape index (κ1) is 15.4. The Morgan fingerprint density at radius 3 is 2.59 bits per heavy atom. The maximum Gasteiger partial charge on any atom is 0.359 e. The molecule has 0 atom stereocenters. The lowest BCUT2D eigenvalue weighted by atomic mass is 10.0. The minimum absolute atomic E-state index is 0.0403. The number of benzene rings is 1. The summed E-state index contributed by atoms with van der Waals surface area (Å²) in [6, 6.07) is 7.13. The van der Waals surface area contributed by atoms with Crippen molar-refractivity contribution in [3.05, 3.63) is 40.9 Å². The van der Waals surface area contributed by atoms with E-state index >= 15 is 0 Å². The van der Waals surface area contributed by atoms with Crippen LogP contribution in [-0.2, 0) is 4.74 Å². The fourth-order valence-corrected chi connectivity index (χ4v) is 3.22. The Labute approximate surface area is 136 Å². The number of carbonyl (C=O) groups is 1. The molecule has 1 aromatic heterocycles. The van der Waals surface area contributed by atoms with Gasteiger partial charge < -0.3 is 14.3 Å².